The maximum atomic E-state index is 12.7. The summed E-state index contributed by atoms with van der Waals surface area (Å²) >= 11 is 0. The van der Waals surface area contributed by atoms with Gasteiger partial charge in [-0.25, -0.2) is 14.4 Å². The molecule has 2 rings (SSSR count). The van der Waals surface area contributed by atoms with E-state index in [9.17, 15) is 24.0 Å². The molecule has 0 fully saturated rings. The highest BCUT2D eigenvalue weighted by atomic mass is 16.6. The van der Waals surface area contributed by atoms with Gasteiger partial charge in [0.05, 0.1) is 13.5 Å². The number of rotatable bonds is 10. The number of hydrogen-bond acceptors (Lipinski definition) is 9. The molecule has 0 aromatic heterocycles. The lowest BCUT2D eigenvalue weighted by molar-refractivity contribution is -0.152. The van der Waals surface area contributed by atoms with Crippen LogP contribution in [0.5, 0.6) is 0 Å². The lowest BCUT2D eigenvalue weighted by atomic mass is 10.1. The van der Waals surface area contributed by atoms with Gasteiger partial charge in [0.15, 0.2) is 12.4 Å². The molecule has 11 nitrogen and oxygen atoms in total. The van der Waals surface area contributed by atoms with Crippen molar-refractivity contribution in [1.29, 1.82) is 0 Å². The summed E-state index contributed by atoms with van der Waals surface area (Å²) in [6, 6.07) is 13.3. The third-order valence-corrected chi connectivity index (χ3v) is 4.57. The number of hydrogen-bond donors (Lipinski definition) is 2. The highest BCUT2D eigenvalue weighted by Crippen LogP contribution is 2.12. The zero-order chi connectivity index (χ0) is 27.4. The minimum Gasteiger partial charge on any atom is -0.461 e. The molecular weight excluding hydrogens is 484 g/mol. The summed E-state index contributed by atoms with van der Waals surface area (Å²) in [5.41, 5.74) is 0.503. The van der Waals surface area contributed by atoms with Gasteiger partial charge in [0, 0.05) is 11.3 Å². The van der Waals surface area contributed by atoms with Crippen LogP contribution in [0.4, 0.5) is 15.3 Å². The van der Waals surface area contributed by atoms with Crippen molar-refractivity contribution in [3.05, 3.63) is 65.7 Å². The number of anilines is 1. The summed E-state index contributed by atoms with van der Waals surface area (Å²) < 4.78 is 19.9. The number of Topliss-reactive ketones (excluding diaryl/α,β-unsaturated/α-hetero) is 1. The lowest BCUT2D eigenvalue weighted by Gasteiger charge is -2.22. The fourth-order valence-corrected chi connectivity index (χ4v) is 2.84. The van der Waals surface area contributed by atoms with E-state index in [1.54, 1.807) is 45.0 Å². The van der Waals surface area contributed by atoms with Crippen molar-refractivity contribution in [2.45, 2.75) is 45.4 Å². The van der Waals surface area contributed by atoms with Crippen molar-refractivity contribution < 1.29 is 42.9 Å². The number of ketones is 1. The second kappa shape index (κ2) is 13.6. The molecule has 198 valence electrons. The molecule has 37 heavy (non-hydrogen) atoms. The first-order valence-corrected chi connectivity index (χ1v) is 11.3. The molecule has 0 aliphatic heterocycles. The zero-order valence-electron chi connectivity index (χ0n) is 21.1. The van der Waals surface area contributed by atoms with Crippen LogP contribution in [-0.2, 0) is 35.1 Å². The average Bonchev–Trinajstić information content (AvgIpc) is 2.85. The Labute approximate surface area is 214 Å². The van der Waals surface area contributed by atoms with E-state index in [0.717, 1.165) is 5.56 Å². The molecule has 2 N–H and O–H groups in total. The maximum Gasteiger partial charge on any atom is 0.411 e. The van der Waals surface area contributed by atoms with E-state index in [1.807, 2.05) is 6.07 Å². The second-order valence-electron chi connectivity index (χ2n) is 8.77. The quantitative estimate of drug-likeness (QED) is 0.276. The van der Waals surface area contributed by atoms with Gasteiger partial charge in [-0.2, -0.15) is 0 Å². The van der Waals surface area contributed by atoms with E-state index in [1.165, 1.54) is 31.4 Å². The second-order valence-corrected chi connectivity index (χ2v) is 8.77. The Morgan fingerprint density at radius 2 is 1.51 bits per heavy atom. The summed E-state index contributed by atoms with van der Waals surface area (Å²) in [5, 5.41) is 4.74. The largest absolute Gasteiger partial charge is 0.461 e. The van der Waals surface area contributed by atoms with Crippen LogP contribution in [-0.4, -0.2) is 55.3 Å². The minimum atomic E-state index is -1.45. The summed E-state index contributed by atoms with van der Waals surface area (Å²) in [4.78, 5) is 61.0. The molecule has 0 aliphatic rings. The molecule has 0 unspecified atom stereocenters. The highest BCUT2D eigenvalue weighted by Gasteiger charge is 2.29. The first kappa shape index (κ1) is 28.8. The predicted octanol–water partition coefficient (Wildman–Crippen LogP) is 3.62. The van der Waals surface area contributed by atoms with Gasteiger partial charge < -0.3 is 24.3 Å². The Kier molecular flexibility index (Phi) is 10.6. The van der Waals surface area contributed by atoms with Crippen molar-refractivity contribution >= 4 is 35.6 Å². The third-order valence-electron chi connectivity index (χ3n) is 4.57. The summed E-state index contributed by atoms with van der Waals surface area (Å²) in [6.07, 6.45) is -2.14. The Morgan fingerprint density at radius 1 is 0.865 bits per heavy atom. The maximum absolute atomic E-state index is 12.7. The Balaban J connectivity index is 1.99. The van der Waals surface area contributed by atoms with Crippen LogP contribution >= 0.6 is 0 Å². The number of alkyl carbamates (subject to hydrolysis) is 1. The Bertz CT molecular complexity index is 1090. The number of ether oxygens (including phenoxy) is 4. The number of nitrogens with one attached hydrogen (secondary N) is 2. The van der Waals surface area contributed by atoms with Gasteiger partial charge in [-0.05, 0) is 50.6 Å². The average molecular weight is 515 g/mol. The van der Waals surface area contributed by atoms with Crippen molar-refractivity contribution in [3.63, 3.8) is 0 Å². The zero-order valence-corrected chi connectivity index (χ0v) is 21.1. The summed E-state index contributed by atoms with van der Waals surface area (Å²) in [7, 11) is 1.22. The standard InChI is InChI=1S/C26H30N2O9/c1-26(2,3)37-25(33)28-20(14-22(30)35-15-17-8-6-5-7-9-17)23(31)36-16-21(29)18-10-12-19(13-11-18)27-24(32)34-4/h5-13,20H,14-16H2,1-4H3,(H,27,32)(H,28,33)/t20-/m0/s1. The van der Waals surface area contributed by atoms with E-state index < -0.39 is 54.6 Å². The summed E-state index contributed by atoms with van der Waals surface area (Å²) in [6.45, 7) is 4.25. The first-order chi connectivity index (χ1) is 17.5. The van der Waals surface area contributed by atoms with Crippen molar-refractivity contribution in [3.8, 4) is 0 Å². The molecule has 2 amide bonds. The molecule has 0 radical (unpaired) electrons. The number of amides is 2. The van der Waals surface area contributed by atoms with Gasteiger partial charge in [-0.15, -0.1) is 0 Å². The van der Waals surface area contributed by atoms with Crippen molar-refractivity contribution in [1.82, 2.24) is 5.32 Å². The van der Waals surface area contributed by atoms with E-state index in [4.69, 9.17) is 14.2 Å². The molecule has 0 saturated carbocycles. The number of methoxy groups -OCH3 is 1. The van der Waals surface area contributed by atoms with Crippen molar-refractivity contribution in [2.24, 2.45) is 0 Å². The number of carbonyl (C=O) groups is 5. The topological polar surface area (TPSA) is 146 Å². The normalized spacial score (nSPS) is 11.5. The van der Waals surface area contributed by atoms with Gasteiger partial charge in [0.2, 0.25) is 0 Å². The van der Waals surface area contributed by atoms with E-state index in [0.29, 0.717) is 5.69 Å². The lowest BCUT2D eigenvalue weighted by Crippen LogP contribution is -2.45. The van der Waals surface area contributed by atoms with Crippen LogP contribution < -0.4 is 10.6 Å². The number of esters is 2. The Morgan fingerprint density at radius 3 is 2.11 bits per heavy atom. The van der Waals surface area contributed by atoms with E-state index in [2.05, 4.69) is 15.4 Å². The van der Waals surface area contributed by atoms with Crippen LogP contribution in [0.2, 0.25) is 0 Å². The highest BCUT2D eigenvalue weighted by molar-refractivity contribution is 5.99. The molecule has 2 aromatic rings. The van der Waals surface area contributed by atoms with Gasteiger partial charge in [-0.1, -0.05) is 30.3 Å². The molecule has 11 heteroatoms. The van der Waals surface area contributed by atoms with Crippen LogP contribution in [0.15, 0.2) is 54.6 Å². The van der Waals surface area contributed by atoms with Gasteiger partial charge in [0.25, 0.3) is 0 Å². The molecule has 0 bridgehead atoms. The summed E-state index contributed by atoms with van der Waals surface area (Å²) in [5.74, 6) is -2.32. The van der Waals surface area contributed by atoms with Gasteiger partial charge in [-0.3, -0.25) is 14.9 Å². The SMILES string of the molecule is COC(=O)Nc1ccc(C(=O)COC(=O)[C@H](CC(=O)OCc2ccccc2)NC(=O)OC(C)(C)C)cc1. The molecule has 0 aliphatic carbocycles. The fraction of sp³-hybridized carbons (Fsp3) is 0.346. The fourth-order valence-electron chi connectivity index (χ4n) is 2.84. The molecular formula is C26H30N2O9. The van der Waals surface area contributed by atoms with Crippen LogP contribution in [0.3, 0.4) is 0 Å². The molecule has 2 aromatic carbocycles. The smallest absolute Gasteiger partial charge is 0.411 e. The first-order valence-electron chi connectivity index (χ1n) is 11.3. The molecule has 0 saturated heterocycles. The number of benzene rings is 2. The number of carbonyl (C=O) groups excluding carboxylic acids is 5. The monoisotopic (exact) mass is 514 g/mol. The predicted molar refractivity (Wildman–Crippen MR) is 132 cm³/mol. The van der Waals surface area contributed by atoms with Crippen LogP contribution in [0, 0.1) is 0 Å². The van der Waals surface area contributed by atoms with Gasteiger partial charge in [0.1, 0.15) is 18.2 Å². The van der Waals surface area contributed by atoms with Crippen molar-refractivity contribution in [2.75, 3.05) is 19.0 Å². The minimum absolute atomic E-state index is 0.0206. The van der Waals surface area contributed by atoms with Crippen LogP contribution in [0.1, 0.15) is 43.1 Å². The van der Waals surface area contributed by atoms with Crippen LogP contribution in [0.25, 0.3) is 0 Å². The third kappa shape index (κ3) is 10.8. The molecule has 1 atom stereocenters. The van der Waals surface area contributed by atoms with Gasteiger partial charge >= 0.3 is 24.1 Å². The molecule has 0 heterocycles. The van der Waals surface area contributed by atoms with E-state index >= 15 is 0 Å². The molecule has 0 spiro atoms. The van der Waals surface area contributed by atoms with E-state index in [-0.39, 0.29) is 12.2 Å². The Hall–Kier alpha value is -4.41.